The van der Waals surface area contributed by atoms with Crippen LogP contribution in [0.3, 0.4) is 0 Å². The highest BCUT2D eigenvalue weighted by atomic mass is 79.9. The first-order valence-electron chi connectivity index (χ1n) is 3.24. The van der Waals surface area contributed by atoms with E-state index < -0.39 is 0 Å². The van der Waals surface area contributed by atoms with E-state index in [0.717, 1.165) is 4.47 Å². The van der Waals surface area contributed by atoms with Gasteiger partial charge in [-0.2, -0.15) is 0 Å². The Morgan fingerprint density at radius 1 is 1.45 bits per heavy atom. The van der Waals surface area contributed by atoms with Crippen molar-refractivity contribution in [1.29, 1.82) is 0 Å². The molecule has 1 aromatic rings. The quantitative estimate of drug-likeness (QED) is 0.665. The van der Waals surface area contributed by atoms with E-state index in [1.807, 2.05) is 0 Å². The summed E-state index contributed by atoms with van der Waals surface area (Å²) in [6.07, 6.45) is 0. The Bertz CT molecular complexity index is 270. The fourth-order valence-corrected chi connectivity index (χ4v) is 1.57. The van der Waals surface area contributed by atoms with Crippen molar-refractivity contribution >= 4 is 21.6 Å². The molecule has 0 spiro atoms. The zero-order valence-corrected chi connectivity index (χ0v) is 8.00. The van der Waals surface area contributed by atoms with E-state index in [0.29, 0.717) is 16.8 Å². The highest BCUT2D eigenvalue weighted by Gasteiger charge is 2.07. The summed E-state index contributed by atoms with van der Waals surface area (Å²) in [6, 6.07) is 1.68. The SMILES string of the molecule is Cc1cc(Br)c(N)c(C)c1F. The van der Waals surface area contributed by atoms with Gasteiger partial charge in [0.05, 0.1) is 5.69 Å². The molecule has 0 radical (unpaired) electrons. The molecular weight excluding hydrogens is 209 g/mol. The molecule has 1 nitrogen and oxygen atoms in total. The van der Waals surface area contributed by atoms with Crippen LogP contribution in [0.25, 0.3) is 0 Å². The van der Waals surface area contributed by atoms with Gasteiger partial charge in [0, 0.05) is 10.0 Å². The summed E-state index contributed by atoms with van der Waals surface area (Å²) < 4.78 is 13.8. The van der Waals surface area contributed by atoms with Gasteiger partial charge in [0.2, 0.25) is 0 Å². The smallest absolute Gasteiger partial charge is 0.131 e. The number of benzene rings is 1. The van der Waals surface area contributed by atoms with Crippen LogP contribution in [0.4, 0.5) is 10.1 Å². The lowest BCUT2D eigenvalue weighted by Crippen LogP contribution is -1.96. The van der Waals surface area contributed by atoms with Crippen LogP contribution in [0.5, 0.6) is 0 Å². The minimum Gasteiger partial charge on any atom is -0.398 e. The van der Waals surface area contributed by atoms with Crippen molar-refractivity contribution in [1.82, 2.24) is 0 Å². The van der Waals surface area contributed by atoms with Gasteiger partial charge in [0.15, 0.2) is 0 Å². The van der Waals surface area contributed by atoms with Crippen LogP contribution >= 0.6 is 15.9 Å². The highest BCUT2D eigenvalue weighted by Crippen LogP contribution is 2.27. The topological polar surface area (TPSA) is 26.0 Å². The lowest BCUT2D eigenvalue weighted by atomic mass is 10.1. The Hall–Kier alpha value is -0.570. The van der Waals surface area contributed by atoms with Crippen LogP contribution < -0.4 is 5.73 Å². The summed E-state index contributed by atoms with van der Waals surface area (Å²) in [7, 11) is 0. The third-order valence-corrected chi connectivity index (χ3v) is 2.34. The number of hydrogen-bond acceptors (Lipinski definition) is 1. The Kier molecular flexibility index (Phi) is 2.18. The summed E-state index contributed by atoms with van der Waals surface area (Å²) in [5.41, 5.74) is 7.17. The molecule has 3 heteroatoms. The number of nitrogens with two attached hydrogens (primary N) is 1. The van der Waals surface area contributed by atoms with Crippen LogP contribution in [0.1, 0.15) is 11.1 Å². The molecule has 0 bridgehead atoms. The van der Waals surface area contributed by atoms with Crippen molar-refractivity contribution in [2.45, 2.75) is 13.8 Å². The normalized spacial score (nSPS) is 10.2. The van der Waals surface area contributed by atoms with Gasteiger partial charge in [-0.05, 0) is 41.4 Å². The van der Waals surface area contributed by atoms with E-state index in [2.05, 4.69) is 15.9 Å². The van der Waals surface area contributed by atoms with Gasteiger partial charge >= 0.3 is 0 Å². The Morgan fingerprint density at radius 3 is 2.55 bits per heavy atom. The summed E-state index contributed by atoms with van der Waals surface area (Å²) in [5.74, 6) is -0.217. The van der Waals surface area contributed by atoms with E-state index in [4.69, 9.17) is 5.73 Å². The number of aryl methyl sites for hydroxylation is 1. The van der Waals surface area contributed by atoms with E-state index in [1.165, 1.54) is 0 Å². The maximum absolute atomic E-state index is 13.1. The van der Waals surface area contributed by atoms with Gasteiger partial charge in [-0.1, -0.05) is 0 Å². The van der Waals surface area contributed by atoms with Gasteiger partial charge in [0.1, 0.15) is 5.82 Å². The molecule has 0 aliphatic carbocycles. The maximum atomic E-state index is 13.1. The van der Waals surface area contributed by atoms with E-state index in [9.17, 15) is 4.39 Å². The van der Waals surface area contributed by atoms with E-state index in [1.54, 1.807) is 19.9 Å². The largest absolute Gasteiger partial charge is 0.398 e. The Morgan fingerprint density at radius 2 is 2.00 bits per heavy atom. The fourth-order valence-electron chi connectivity index (χ4n) is 0.924. The number of hydrogen-bond donors (Lipinski definition) is 1. The average Bonchev–Trinajstić information content (AvgIpc) is 1.97. The summed E-state index contributed by atoms with van der Waals surface area (Å²) >= 11 is 3.24. The molecule has 0 aliphatic rings. The molecule has 2 N–H and O–H groups in total. The third kappa shape index (κ3) is 1.38. The molecule has 0 unspecified atom stereocenters. The Labute approximate surface area is 73.5 Å². The molecule has 0 atom stereocenters. The lowest BCUT2D eigenvalue weighted by molar-refractivity contribution is 0.610. The molecule has 60 valence electrons. The minimum atomic E-state index is -0.217. The minimum absolute atomic E-state index is 0.217. The van der Waals surface area contributed by atoms with Gasteiger partial charge in [0.25, 0.3) is 0 Å². The number of rotatable bonds is 0. The van der Waals surface area contributed by atoms with Crippen LogP contribution in [-0.2, 0) is 0 Å². The molecule has 0 heterocycles. The van der Waals surface area contributed by atoms with Gasteiger partial charge in [-0.15, -0.1) is 0 Å². The fraction of sp³-hybridized carbons (Fsp3) is 0.250. The zero-order chi connectivity index (χ0) is 8.59. The van der Waals surface area contributed by atoms with Crippen molar-refractivity contribution in [3.8, 4) is 0 Å². The molecule has 1 rings (SSSR count). The second-order valence-corrected chi connectivity index (χ2v) is 3.38. The average molecular weight is 218 g/mol. The molecule has 1 aromatic carbocycles. The first-order valence-corrected chi connectivity index (χ1v) is 4.04. The molecule has 11 heavy (non-hydrogen) atoms. The van der Waals surface area contributed by atoms with Gasteiger partial charge in [-0.25, -0.2) is 4.39 Å². The lowest BCUT2D eigenvalue weighted by Gasteiger charge is -2.06. The van der Waals surface area contributed by atoms with Gasteiger partial charge < -0.3 is 5.73 Å². The van der Waals surface area contributed by atoms with Crippen LogP contribution in [0.15, 0.2) is 10.5 Å². The number of halogens is 2. The standard InChI is InChI=1S/C8H9BrFN/c1-4-3-6(9)8(11)5(2)7(4)10/h3H,11H2,1-2H3. The molecule has 0 saturated heterocycles. The second kappa shape index (κ2) is 2.81. The Balaban J connectivity index is 3.46. The summed E-state index contributed by atoms with van der Waals surface area (Å²) in [4.78, 5) is 0. The van der Waals surface area contributed by atoms with E-state index >= 15 is 0 Å². The highest BCUT2D eigenvalue weighted by molar-refractivity contribution is 9.10. The van der Waals surface area contributed by atoms with E-state index in [-0.39, 0.29) is 5.82 Å². The monoisotopic (exact) mass is 217 g/mol. The third-order valence-electron chi connectivity index (χ3n) is 1.68. The number of nitrogen functional groups attached to an aromatic ring is 1. The predicted octanol–water partition coefficient (Wildman–Crippen LogP) is 2.79. The van der Waals surface area contributed by atoms with Crippen molar-refractivity contribution in [3.63, 3.8) is 0 Å². The van der Waals surface area contributed by atoms with Crippen LogP contribution in [-0.4, -0.2) is 0 Å². The molecule has 0 aliphatic heterocycles. The molecular formula is C8H9BrFN. The van der Waals surface area contributed by atoms with Crippen molar-refractivity contribution in [2.24, 2.45) is 0 Å². The van der Waals surface area contributed by atoms with Crippen molar-refractivity contribution in [2.75, 3.05) is 5.73 Å². The second-order valence-electron chi connectivity index (χ2n) is 2.53. The van der Waals surface area contributed by atoms with Crippen molar-refractivity contribution < 1.29 is 4.39 Å². The number of anilines is 1. The van der Waals surface area contributed by atoms with Crippen molar-refractivity contribution in [3.05, 3.63) is 27.5 Å². The maximum Gasteiger partial charge on any atom is 0.131 e. The zero-order valence-electron chi connectivity index (χ0n) is 6.41. The van der Waals surface area contributed by atoms with Crippen LogP contribution in [0, 0.1) is 19.7 Å². The molecule has 0 fully saturated rings. The summed E-state index contributed by atoms with van der Waals surface area (Å²) in [5, 5.41) is 0. The van der Waals surface area contributed by atoms with Crippen LogP contribution in [0.2, 0.25) is 0 Å². The molecule has 0 saturated carbocycles. The summed E-state index contributed by atoms with van der Waals surface area (Å²) in [6.45, 7) is 3.38. The van der Waals surface area contributed by atoms with Gasteiger partial charge in [-0.3, -0.25) is 0 Å². The first-order chi connectivity index (χ1) is 5.04. The molecule has 0 aromatic heterocycles. The first kappa shape index (κ1) is 8.53. The predicted molar refractivity (Wildman–Crippen MR) is 48.0 cm³/mol. The molecule has 0 amide bonds.